The Balaban J connectivity index is 0.00000274. The SMILES string of the molecule is Cc1ccccc1C(=O)Nc1cc(C(=O)Nc2cccc(Cl)c2C)c2nc(C3CC3)[nH]c2c1.Cl. The van der Waals surface area contributed by atoms with Crippen LogP contribution in [0.4, 0.5) is 11.4 Å². The van der Waals surface area contributed by atoms with Crippen molar-refractivity contribution in [2.75, 3.05) is 10.6 Å². The molecule has 6 nitrogen and oxygen atoms in total. The third kappa shape index (κ3) is 4.65. The van der Waals surface area contributed by atoms with Crippen LogP contribution in [0.5, 0.6) is 0 Å². The highest BCUT2D eigenvalue weighted by molar-refractivity contribution is 6.31. The number of fused-ring (bicyclic) bond motifs is 1. The Morgan fingerprint density at radius 2 is 1.71 bits per heavy atom. The van der Waals surface area contributed by atoms with Crippen LogP contribution in [0.15, 0.2) is 54.6 Å². The van der Waals surface area contributed by atoms with Crippen LogP contribution in [-0.2, 0) is 0 Å². The number of nitrogens with zero attached hydrogens (tertiary/aromatic N) is 1. The third-order valence-corrected chi connectivity index (χ3v) is 6.39. The van der Waals surface area contributed by atoms with Crippen molar-refractivity contribution in [3.8, 4) is 0 Å². The van der Waals surface area contributed by atoms with E-state index >= 15 is 0 Å². The first kappa shape index (κ1) is 23.8. The molecule has 0 bridgehead atoms. The number of hydrogen-bond acceptors (Lipinski definition) is 3. The zero-order valence-corrected chi connectivity index (χ0v) is 20.3. The Labute approximate surface area is 208 Å². The van der Waals surface area contributed by atoms with Gasteiger partial charge in [-0.25, -0.2) is 4.98 Å². The predicted octanol–water partition coefficient (Wildman–Crippen LogP) is 6.64. The number of carbonyl (C=O) groups excluding carboxylic acids is 2. The number of benzene rings is 3. The molecule has 0 aliphatic heterocycles. The number of amides is 2. The summed E-state index contributed by atoms with van der Waals surface area (Å²) in [6.45, 7) is 3.74. The molecule has 3 N–H and O–H groups in total. The van der Waals surface area contributed by atoms with Crippen molar-refractivity contribution in [1.29, 1.82) is 0 Å². The standard InChI is InChI=1S/C26H23ClN4O2.ClH/c1-14-6-3-4-7-18(14)25(32)28-17-12-19(23-22(13-17)29-24(31-23)16-10-11-16)26(33)30-21-9-5-8-20(27)15(21)2;/h3-9,12-13,16H,10-11H2,1-2H3,(H,28,32)(H,29,31)(H,30,33);1H. The highest BCUT2D eigenvalue weighted by Gasteiger charge is 2.28. The molecule has 4 aromatic rings. The molecule has 0 saturated heterocycles. The fourth-order valence-electron chi connectivity index (χ4n) is 3.89. The molecule has 8 heteroatoms. The molecule has 1 heterocycles. The molecule has 0 radical (unpaired) electrons. The molecule has 1 fully saturated rings. The van der Waals surface area contributed by atoms with E-state index in [2.05, 4.69) is 15.6 Å². The van der Waals surface area contributed by atoms with Gasteiger partial charge in [0.15, 0.2) is 0 Å². The second kappa shape index (κ2) is 9.49. The number of aromatic amines is 1. The second-order valence-electron chi connectivity index (χ2n) is 8.45. The van der Waals surface area contributed by atoms with Gasteiger partial charge in [0.25, 0.3) is 11.8 Å². The monoisotopic (exact) mass is 494 g/mol. The van der Waals surface area contributed by atoms with Crippen molar-refractivity contribution < 1.29 is 9.59 Å². The molecule has 5 rings (SSSR count). The normalized spacial score (nSPS) is 12.8. The lowest BCUT2D eigenvalue weighted by Gasteiger charge is -2.12. The van der Waals surface area contributed by atoms with Crippen LogP contribution in [0.1, 0.15) is 56.4 Å². The number of H-pyrrole nitrogens is 1. The van der Waals surface area contributed by atoms with E-state index in [9.17, 15) is 9.59 Å². The number of nitrogens with one attached hydrogen (secondary N) is 3. The van der Waals surface area contributed by atoms with Crippen molar-refractivity contribution in [1.82, 2.24) is 9.97 Å². The number of rotatable bonds is 5. The van der Waals surface area contributed by atoms with Crippen LogP contribution in [0.3, 0.4) is 0 Å². The van der Waals surface area contributed by atoms with Gasteiger partial charge in [-0.05, 0) is 68.1 Å². The molecule has 1 aromatic heterocycles. The van der Waals surface area contributed by atoms with Crippen LogP contribution in [0, 0.1) is 13.8 Å². The lowest BCUT2D eigenvalue weighted by Crippen LogP contribution is -2.16. The first-order valence-electron chi connectivity index (χ1n) is 10.9. The van der Waals surface area contributed by atoms with Gasteiger partial charge < -0.3 is 15.6 Å². The quantitative estimate of drug-likeness (QED) is 0.290. The van der Waals surface area contributed by atoms with Gasteiger partial charge in [0.05, 0.1) is 11.1 Å². The van der Waals surface area contributed by atoms with Gasteiger partial charge in [-0.15, -0.1) is 12.4 Å². The molecular formula is C26H24Cl2N4O2. The Hall–Kier alpha value is -3.35. The summed E-state index contributed by atoms with van der Waals surface area (Å²) < 4.78 is 0. The topological polar surface area (TPSA) is 86.9 Å². The van der Waals surface area contributed by atoms with Gasteiger partial charge >= 0.3 is 0 Å². The maximum Gasteiger partial charge on any atom is 0.258 e. The van der Waals surface area contributed by atoms with E-state index in [-0.39, 0.29) is 24.2 Å². The zero-order valence-electron chi connectivity index (χ0n) is 18.7. The van der Waals surface area contributed by atoms with Crippen LogP contribution in [0.2, 0.25) is 5.02 Å². The van der Waals surface area contributed by atoms with E-state index < -0.39 is 0 Å². The Kier molecular flexibility index (Phi) is 6.64. The minimum atomic E-state index is -0.314. The molecule has 1 aliphatic rings. The first-order valence-corrected chi connectivity index (χ1v) is 11.3. The third-order valence-electron chi connectivity index (χ3n) is 5.98. The average Bonchev–Trinajstić information content (AvgIpc) is 3.55. The van der Waals surface area contributed by atoms with Gasteiger partial charge in [-0.1, -0.05) is 35.9 Å². The summed E-state index contributed by atoms with van der Waals surface area (Å²) in [6.07, 6.45) is 2.17. The van der Waals surface area contributed by atoms with Gasteiger partial charge in [0.2, 0.25) is 0 Å². The summed E-state index contributed by atoms with van der Waals surface area (Å²) in [6, 6.07) is 16.3. The van der Waals surface area contributed by atoms with Crippen molar-refractivity contribution in [2.45, 2.75) is 32.6 Å². The molecule has 0 spiro atoms. The highest BCUT2D eigenvalue weighted by Crippen LogP contribution is 2.39. The maximum atomic E-state index is 13.3. The average molecular weight is 495 g/mol. The summed E-state index contributed by atoms with van der Waals surface area (Å²) in [4.78, 5) is 34.3. The second-order valence-corrected chi connectivity index (χ2v) is 8.86. The first-order chi connectivity index (χ1) is 15.9. The fraction of sp³-hybridized carbons (Fsp3) is 0.192. The molecule has 2 amide bonds. The van der Waals surface area contributed by atoms with Crippen molar-refractivity contribution in [3.05, 3.63) is 87.7 Å². The van der Waals surface area contributed by atoms with E-state index in [1.165, 1.54) is 0 Å². The lowest BCUT2D eigenvalue weighted by atomic mass is 10.1. The zero-order chi connectivity index (χ0) is 23.1. The van der Waals surface area contributed by atoms with E-state index in [4.69, 9.17) is 16.6 Å². The molecular weight excluding hydrogens is 471 g/mol. The van der Waals surface area contributed by atoms with Gasteiger partial charge in [0, 0.05) is 27.9 Å². The molecule has 0 unspecified atom stereocenters. The van der Waals surface area contributed by atoms with Gasteiger partial charge in [-0.2, -0.15) is 0 Å². The number of anilines is 2. The van der Waals surface area contributed by atoms with Gasteiger partial charge in [-0.3, -0.25) is 9.59 Å². The van der Waals surface area contributed by atoms with Crippen LogP contribution in [-0.4, -0.2) is 21.8 Å². The molecule has 174 valence electrons. The number of aromatic nitrogens is 2. The van der Waals surface area contributed by atoms with Crippen LogP contribution >= 0.6 is 24.0 Å². The minimum absolute atomic E-state index is 0. The minimum Gasteiger partial charge on any atom is -0.342 e. The Morgan fingerprint density at radius 1 is 0.971 bits per heavy atom. The summed E-state index contributed by atoms with van der Waals surface area (Å²) >= 11 is 6.22. The summed E-state index contributed by atoms with van der Waals surface area (Å²) in [5, 5.41) is 6.46. The van der Waals surface area contributed by atoms with Crippen LogP contribution in [0.25, 0.3) is 11.0 Å². The van der Waals surface area contributed by atoms with Crippen molar-refractivity contribution >= 4 is 58.2 Å². The molecule has 34 heavy (non-hydrogen) atoms. The Bertz CT molecular complexity index is 1410. The van der Waals surface area contributed by atoms with Crippen molar-refractivity contribution in [3.63, 3.8) is 0 Å². The number of halogens is 2. The van der Waals surface area contributed by atoms with Gasteiger partial charge in [0.1, 0.15) is 11.3 Å². The number of hydrogen-bond donors (Lipinski definition) is 3. The van der Waals surface area contributed by atoms with E-state index in [0.717, 1.165) is 29.8 Å². The van der Waals surface area contributed by atoms with Crippen LogP contribution < -0.4 is 10.6 Å². The fourth-order valence-corrected chi connectivity index (χ4v) is 4.07. The lowest BCUT2D eigenvalue weighted by molar-refractivity contribution is 0.101. The van der Waals surface area contributed by atoms with E-state index in [1.807, 2.05) is 38.1 Å². The molecule has 3 aromatic carbocycles. The molecule has 0 atom stereocenters. The molecule has 1 saturated carbocycles. The highest BCUT2D eigenvalue weighted by atomic mass is 35.5. The number of aryl methyl sites for hydroxylation is 1. The number of imidazole rings is 1. The molecule has 1 aliphatic carbocycles. The smallest absolute Gasteiger partial charge is 0.258 e. The summed E-state index contributed by atoms with van der Waals surface area (Å²) in [5.74, 6) is 0.728. The van der Waals surface area contributed by atoms with E-state index in [0.29, 0.717) is 44.5 Å². The van der Waals surface area contributed by atoms with E-state index in [1.54, 1.807) is 30.3 Å². The van der Waals surface area contributed by atoms with Crippen molar-refractivity contribution in [2.24, 2.45) is 0 Å². The predicted molar refractivity (Wildman–Crippen MR) is 139 cm³/mol. The maximum absolute atomic E-state index is 13.3. The summed E-state index contributed by atoms with van der Waals surface area (Å²) in [5.41, 5.74) is 5.09. The number of carbonyl (C=O) groups is 2. The Morgan fingerprint density at radius 3 is 2.44 bits per heavy atom. The summed E-state index contributed by atoms with van der Waals surface area (Å²) in [7, 11) is 0. The largest absolute Gasteiger partial charge is 0.342 e.